The summed E-state index contributed by atoms with van der Waals surface area (Å²) < 4.78 is 7.30. The molecule has 5 aromatic rings. The molecule has 2 aliphatic rings. The van der Waals surface area contributed by atoms with Crippen LogP contribution in [0.5, 0.6) is 5.75 Å². The van der Waals surface area contributed by atoms with Gasteiger partial charge >= 0.3 is 0 Å². The number of H-pyrrole nitrogens is 1. The molecule has 1 aliphatic heterocycles. The van der Waals surface area contributed by atoms with E-state index in [0.717, 1.165) is 21.8 Å². The number of hydrogen-bond donors (Lipinski definition) is 5. The molecule has 2 amide bonds. The Labute approximate surface area is 197 Å². The van der Waals surface area contributed by atoms with Gasteiger partial charge in [-0.1, -0.05) is 18.2 Å². The van der Waals surface area contributed by atoms with Gasteiger partial charge in [-0.2, -0.15) is 0 Å². The Morgan fingerprint density at radius 1 is 0.943 bits per heavy atom. The van der Waals surface area contributed by atoms with Gasteiger partial charge in [0, 0.05) is 32.6 Å². The van der Waals surface area contributed by atoms with Crippen molar-refractivity contribution in [3.05, 3.63) is 53.6 Å². The molecule has 0 radical (unpaired) electrons. The van der Waals surface area contributed by atoms with Crippen LogP contribution in [-0.2, 0) is 0 Å². The minimum absolute atomic E-state index is 0.133. The number of methoxy groups -OCH3 is 1. The number of para-hydroxylation sites is 1. The Kier molecular flexibility index (Phi) is 3.98. The second kappa shape index (κ2) is 6.82. The number of hydrogen-bond acceptors (Lipinski definition) is 6. The molecular formula is C26H21N3O6. The van der Waals surface area contributed by atoms with Crippen molar-refractivity contribution in [1.29, 1.82) is 0 Å². The maximum absolute atomic E-state index is 13.2. The molecule has 0 spiro atoms. The van der Waals surface area contributed by atoms with Crippen molar-refractivity contribution in [2.45, 2.75) is 30.8 Å². The van der Waals surface area contributed by atoms with Crippen LogP contribution < -0.4 is 10.1 Å². The molecule has 0 bridgehead atoms. The molecule has 4 atom stereocenters. The van der Waals surface area contributed by atoms with Crippen LogP contribution in [0, 0.1) is 0 Å². The number of aliphatic hydroxyl groups excluding tert-OH is 3. The molecule has 9 heteroatoms. The smallest absolute Gasteiger partial charge is 0.259 e. The van der Waals surface area contributed by atoms with Crippen LogP contribution in [0.2, 0.25) is 0 Å². The number of aliphatic hydroxyl groups is 3. The summed E-state index contributed by atoms with van der Waals surface area (Å²) in [5.41, 5.74) is 3.32. The van der Waals surface area contributed by atoms with E-state index in [4.69, 9.17) is 4.74 Å². The van der Waals surface area contributed by atoms with Gasteiger partial charge in [-0.15, -0.1) is 0 Å². The van der Waals surface area contributed by atoms with Gasteiger partial charge in [0.25, 0.3) is 11.8 Å². The van der Waals surface area contributed by atoms with E-state index in [9.17, 15) is 24.9 Å². The van der Waals surface area contributed by atoms with E-state index in [0.29, 0.717) is 33.1 Å². The van der Waals surface area contributed by atoms with Crippen molar-refractivity contribution in [3.8, 4) is 5.75 Å². The van der Waals surface area contributed by atoms with Gasteiger partial charge in [-0.25, -0.2) is 0 Å². The van der Waals surface area contributed by atoms with Gasteiger partial charge in [0.2, 0.25) is 0 Å². The molecule has 7 rings (SSSR count). The molecule has 9 nitrogen and oxygen atoms in total. The monoisotopic (exact) mass is 471 g/mol. The summed E-state index contributed by atoms with van der Waals surface area (Å²) in [6.45, 7) is 0. The molecule has 0 saturated heterocycles. The summed E-state index contributed by atoms with van der Waals surface area (Å²) >= 11 is 0. The largest absolute Gasteiger partial charge is 0.497 e. The normalized spacial score (nSPS) is 24.2. The van der Waals surface area contributed by atoms with Crippen LogP contribution in [0.1, 0.15) is 33.2 Å². The summed E-state index contributed by atoms with van der Waals surface area (Å²) in [6.07, 6.45) is -3.47. The number of aromatic amines is 1. The van der Waals surface area contributed by atoms with Crippen molar-refractivity contribution in [3.63, 3.8) is 0 Å². The third kappa shape index (κ3) is 2.47. The fourth-order valence-corrected chi connectivity index (χ4v) is 6.01. The van der Waals surface area contributed by atoms with Gasteiger partial charge in [0.05, 0.1) is 41.4 Å². The van der Waals surface area contributed by atoms with Crippen LogP contribution in [0.3, 0.4) is 0 Å². The van der Waals surface area contributed by atoms with Crippen molar-refractivity contribution in [2.24, 2.45) is 0 Å². The minimum Gasteiger partial charge on any atom is -0.497 e. The number of imide groups is 1. The predicted molar refractivity (Wildman–Crippen MR) is 129 cm³/mol. The van der Waals surface area contributed by atoms with E-state index >= 15 is 0 Å². The zero-order chi connectivity index (χ0) is 24.2. The lowest BCUT2D eigenvalue weighted by Gasteiger charge is -2.21. The number of benzene rings is 3. The molecular weight excluding hydrogens is 450 g/mol. The lowest BCUT2D eigenvalue weighted by atomic mass is 9.96. The molecule has 1 fully saturated rings. The summed E-state index contributed by atoms with van der Waals surface area (Å²) in [5, 5.41) is 36.7. The maximum Gasteiger partial charge on any atom is 0.259 e. The highest BCUT2D eigenvalue weighted by Crippen LogP contribution is 2.47. The molecule has 5 N–H and O–H groups in total. The predicted octanol–water partition coefficient (Wildman–Crippen LogP) is 2.35. The highest BCUT2D eigenvalue weighted by Gasteiger charge is 2.44. The zero-order valence-electron chi connectivity index (χ0n) is 18.6. The molecule has 2 aromatic heterocycles. The van der Waals surface area contributed by atoms with Crippen LogP contribution in [0.15, 0.2) is 42.5 Å². The number of amides is 2. The third-order valence-electron chi connectivity index (χ3n) is 7.54. The number of carbonyl (C=O) groups excluding carboxylic acids is 2. The van der Waals surface area contributed by atoms with Gasteiger partial charge in [0.1, 0.15) is 18.0 Å². The lowest BCUT2D eigenvalue weighted by Crippen LogP contribution is -2.31. The Morgan fingerprint density at radius 2 is 1.69 bits per heavy atom. The first kappa shape index (κ1) is 20.5. The van der Waals surface area contributed by atoms with E-state index < -0.39 is 36.2 Å². The SMILES string of the molecule is COc1ccc2[nH]c3c(c4c(c5c6ccccc6n(C6C[C@H](O)[C@@H](O)[C@H]6O)c35)C(=O)NC4=O)c2c1. The van der Waals surface area contributed by atoms with E-state index in [-0.39, 0.29) is 12.0 Å². The van der Waals surface area contributed by atoms with E-state index in [2.05, 4.69) is 10.3 Å². The Bertz CT molecular complexity index is 1750. The lowest BCUT2D eigenvalue weighted by molar-refractivity contribution is -0.0241. The first-order valence-electron chi connectivity index (χ1n) is 11.4. The van der Waals surface area contributed by atoms with Crippen LogP contribution in [0.4, 0.5) is 0 Å². The fraction of sp³-hybridized carbons (Fsp3) is 0.231. The van der Waals surface area contributed by atoms with Gasteiger partial charge in [-0.3, -0.25) is 14.9 Å². The first-order valence-corrected chi connectivity index (χ1v) is 11.4. The zero-order valence-corrected chi connectivity index (χ0v) is 18.6. The second-order valence-electron chi connectivity index (χ2n) is 9.28. The molecule has 176 valence electrons. The number of aromatic nitrogens is 2. The maximum atomic E-state index is 13.2. The third-order valence-corrected chi connectivity index (χ3v) is 7.54. The molecule has 1 aliphatic carbocycles. The van der Waals surface area contributed by atoms with Gasteiger partial charge < -0.3 is 29.6 Å². The Hall–Kier alpha value is -3.92. The van der Waals surface area contributed by atoms with Crippen molar-refractivity contribution >= 4 is 55.4 Å². The molecule has 3 aromatic carbocycles. The van der Waals surface area contributed by atoms with E-state index in [1.165, 1.54) is 0 Å². The first-order chi connectivity index (χ1) is 16.9. The average Bonchev–Trinajstić information content (AvgIpc) is 3.55. The van der Waals surface area contributed by atoms with E-state index in [1.54, 1.807) is 7.11 Å². The topological polar surface area (TPSA) is 137 Å². The fourth-order valence-electron chi connectivity index (χ4n) is 6.01. The van der Waals surface area contributed by atoms with E-state index in [1.807, 2.05) is 47.0 Å². The highest BCUT2D eigenvalue weighted by atomic mass is 16.5. The number of rotatable bonds is 2. The Balaban J connectivity index is 1.75. The summed E-state index contributed by atoms with van der Waals surface area (Å²) in [7, 11) is 1.56. The van der Waals surface area contributed by atoms with Crippen molar-refractivity contribution < 1.29 is 29.6 Å². The number of carbonyl (C=O) groups is 2. The summed E-state index contributed by atoms with van der Waals surface area (Å²) in [6, 6.07) is 12.3. The summed E-state index contributed by atoms with van der Waals surface area (Å²) in [4.78, 5) is 29.7. The summed E-state index contributed by atoms with van der Waals surface area (Å²) in [5.74, 6) is -0.344. The molecule has 35 heavy (non-hydrogen) atoms. The molecule has 1 saturated carbocycles. The average molecular weight is 471 g/mol. The van der Waals surface area contributed by atoms with Crippen molar-refractivity contribution in [2.75, 3.05) is 7.11 Å². The number of fused-ring (bicyclic) bond motifs is 10. The standard InChI is InChI=1S/C26H21N3O6/c1-35-10-6-7-13-12(8-10)17-19-20(26(34)28-25(19)33)18-11-4-2-3-5-14(11)29(22(18)21(17)27-13)15-9-16(30)24(32)23(15)31/h2-8,15-16,23-24,27,30-32H,9H2,1H3,(H,28,33,34)/t15?,16-,23-,24+/m0/s1. The van der Waals surface area contributed by atoms with Gasteiger partial charge in [0.15, 0.2) is 0 Å². The van der Waals surface area contributed by atoms with Gasteiger partial charge in [-0.05, 0) is 30.7 Å². The van der Waals surface area contributed by atoms with Crippen LogP contribution >= 0.6 is 0 Å². The number of nitrogens with one attached hydrogen (secondary N) is 2. The Morgan fingerprint density at radius 3 is 2.40 bits per heavy atom. The van der Waals surface area contributed by atoms with Crippen LogP contribution in [0.25, 0.3) is 43.6 Å². The second-order valence-corrected chi connectivity index (χ2v) is 9.28. The molecule has 1 unspecified atom stereocenters. The number of ether oxygens (including phenoxy) is 1. The van der Waals surface area contributed by atoms with Crippen molar-refractivity contribution in [1.82, 2.24) is 14.9 Å². The highest BCUT2D eigenvalue weighted by molar-refractivity contribution is 6.39. The van der Waals surface area contributed by atoms with Crippen LogP contribution in [-0.4, -0.2) is 62.1 Å². The molecule has 3 heterocycles. The quantitative estimate of drug-likeness (QED) is 0.251. The minimum atomic E-state index is -1.29. The number of nitrogens with zero attached hydrogens (tertiary/aromatic N) is 1.